The Morgan fingerprint density at radius 3 is 1.96 bits per heavy atom. The van der Waals surface area contributed by atoms with E-state index in [1.54, 1.807) is 0 Å². The summed E-state index contributed by atoms with van der Waals surface area (Å²) in [5.74, 6) is -0.178. The van der Waals surface area contributed by atoms with Crippen LogP contribution >= 0.6 is 0 Å². The summed E-state index contributed by atoms with van der Waals surface area (Å²) in [5, 5.41) is 9.23. The van der Waals surface area contributed by atoms with Gasteiger partial charge in [-0.15, -0.1) is 0 Å². The Labute approximate surface area is 134 Å². The van der Waals surface area contributed by atoms with Crippen molar-refractivity contribution in [3.8, 4) is 11.5 Å². The zero-order chi connectivity index (χ0) is 17.0. The summed E-state index contributed by atoms with van der Waals surface area (Å²) < 4.78 is 34.8. The van der Waals surface area contributed by atoms with E-state index in [0.717, 1.165) is 0 Å². The van der Waals surface area contributed by atoms with Crippen LogP contribution in [0.5, 0.6) is 11.5 Å². The first-order valence-electron chi connectivity index (χ1n) is 6.73. The molecule has 2 rings (SSSR count). The highest BCUT2D eigenvalue weighted by Gasteiger charge is 2.19. The third kappa shape index (κ3) is 3.81. The van der Waals surface area contributed by atoms with Gasteiger partial charge in [0.1, 0.15) is 11.5 Å². The van der Waals surface area contributed by atoms with Crippen LogP contribution in [0.4, 0.5) is 0 Å². The number of phenolic OH excluding ortho intramolecular Hbond substituents is 1. The number of hydrogen-bond donors (Lipinski definition) is 1. The topological polar surface area (TPSA) is 89.9 Å². The quantitative estimate of drug-likeness (QED) is 0.842. The minimum atomic E-state index is -3.68. The molecule has 1 atom stereocenters. The zero-order valence-corrected chi connectivity index (χ0v) is 13.4. The Bertz CT molecular complexity index is 778. The molecule has 0 amide bonds. The number of sulfone groups is 1. The van der Waals surface area contributed by atoms with Crippen LogP contribution in [0.2, 0.25) is 0 Å². The number of hydrogen-bond acceptors (Lipinski definition) is 6. The van der Waals surface area contributed by atoms with Crippen LogP contribution in [0.3, 0.4) is 0 Å². The highest BCUT2D eigenvalue weighted by Crippen LogP contribution is 2.24. The van der Waals surface area contributed by atoms with Crippen molar-refractivity contribution in [2.24, 2.45) is 0 Å². The molecule has 0 saturated heterocycles. The van der Waals surface area contributed by atoms with Crippen molar-refractivity contribution < 1.29 is 27.8 Å². The average Bonchev–Trinajstić information content (AvgIpc) is 2.55. The van der Waals surface area contributed by atoms with Gasteiger partial charge >= 0.3 is 5.97 Å². The van der Waals surface area contributed by atoms with E-state index in [4.69, 9.17) is 4.74 Å². The fourth-order valence-electron chi connectivity index (χ4n) is 1.88. The zero-order valence-electron chi connectivity index (χ0n) is 12.6. The predicted octanol–water partition coefficient (Wildman–Crippen LogP) is 2.17. The third-order valence-electron chi connectivity index (χ3n) is 3.13. The van der Waals surface area contributed by atoms with Gasteiger partial charge in [-0.05, 0) is 55.5 Å². The standard InChI is InChI=1S/C16H16O6S/c1-11(16(18)21-2)22-13-5-9-15(10-6-13)23(19,20)14-7-3-12(17)4-8-14/h3-11,17H,1-2H3. The molecule has 2 aromatic carbocycles. The lowest BCUT2D eigenvalue weighted by molar-refractivity contribution is -0.147. The summed E-state index contributed by atoms with van der Waals surface area (Å²) in [4.78, 5) is 11.5. The Hall–Kier alpha value is -2.54. The van der Waals surface area contributed by atoms with E-state index >= 15 is 0 Å². The van der Waals surface area contributed by atoms with E-state index in [1.807, 2.05) is 0 Å². The second-order valence-electron chi connectivity index (χ2n) is 4.75. The van der Waals surface area contributed by atoms with Crippen molar-refractivity contribution >= 4 is 15.8 Å². The molecule has 0 spiro atoms. The van der Waals surface area contributed by atoms with Gasteiger partial charge in [-0.3, -0.25) is 0 Å². The molecule has 0 heterocycles. The summed E-state index contributed by atoms with van der Waals surface area (Å²) in [6.07, 6.45) is -0.792. The fourth-order valence-corrected chi connectivity index (χ4v) is 3.14. The molecule has 0 saturated carbocycles. The number of benzene rings is 2. The van der Waals surface area contributed by atoms with Crippen molar-refractivity contribution in [1.29, 1.82) is 0 Å². The molecule has 0 bridgehead atoms. The number of esters is 1. The number of phenols is 1. The Morgan fingerprint density at radius 2 is 1.48 bits per heavy atom. The molecule has 23 heavy (non-hydrogen) atoms. The number of aromatic hydroxyl groups is 1. The summed E-state index contributed by atoms with van der Waals surface area (Å²) in [5.41, 5.74) is 0. The van der Waals surface area contributed by atoms with E-state index in [-0.39, 0.29) is 15.5 Å². The molecule has 1 N–H and O–H groups in total. The lowest BCUT2D eigenvalue weighted by Gasteiger charge is -2.12. The predicted molar refractivity (Wildman–Crippen MR) is 82.1 cm³/mol. The average molecular weight is 336 g/mol. The largest absolute Gasteiger partial charge is 0.508 e. The van der Waals surface area contributed by atoms with E-state index in [1.165, 1.54) is 62.6 Å². The Balaban J connectivity index is 2.22. The van der Waals surface area contributed by atoms with Crippen molar-refractivity contribution in [3.63, 3.8) is 0 Å². The first-order chi connectivity index (χ1) is 10.8. The normalized spacial score (nSPS) is 12.4. The first kappa shape index (κ1) is 16.8. The molecule has 0 aromatic heterocycles. The summed E-state index contributed by atoms with van der Waals surface area (Å²) in [6.45, 7) is 1.53. The maximum absolute atomic E-state index is 12.4. The van der Waals surface area contributed by atoms with Crippen LogP contribution < -0.4 is 4.74 Å². The Kier molecular flexibility index (Phi) is 4.90. The SMILES string of the molecule is COC(=O)C(C)Oc1ccc(S(=O)(=O)c2ccc(O)cc2)cc1. The van der Waals surface area contributed by atoms with Crippen molar-refractivity contribution in [2.75, 3.05) is 7.11 Å². The lowest BCUT2D eigenvalue weighted by Crippen LogP contribution is -2.24. The summed E-state index contributed by atoms with van der Waals surface area (Å²) >= 11 is 0. The van der Waals surface area contributed by atoms with Crippen LogP contribution in [0.1, 0.15) is 6.92 Å². The van der Waals surface area contributed by atoms with Gasteiger partial charge in [0, 0.05) is 0 Å². The minimum absolute atomic E-state index is 0.00973. The monoisotopic (exact) mass is 336 g/mol. The minimum Gasteiger partial charge on any atom is -0.508 e. The molecule has 6 nitrogen and oxygen atoms in total. The molecule has 0 aliphatic carbocycles. The molecule has 0 fully saturated rings. The molecular formula is C16H16O6S. The first-order valence-corrected chi connectivity index (χ1v) is 8.21. The maximum atomic E-state index is 12.4. The molecule has 0 radical (unpaired) electrons. The van der Waals surface area contributed by atoms with E-state index in [0.29, 0.717) is 5.75 Å². The highest BCUT2D eigenvalue weighted by atomic mass is 32.2. The smallest absolute Gasteiger partial charge is 0.346 e. The van der Waals surface area contributed by atoms with Crippen LogP contribution in [-0.2, 0) is 19.4 Å². The van der Waals surface area contributed by atoms with Crippen LogP contribution in [0.15, 0.2) is 58.3 Å². The van der Waals surface area contributed by atoms with E-state index in [9.17, 15) is 18.3 Å². The summed E-state index contributed by atoms with van der Waals surface area (Å²) in [6, 6.07) is 11.0. The van der Waals surface area contributed by atoms with Crippen LogP contribution in [0.25, 0.3) is 0 Å². The number of carbonyl (C=O) groups excluding carboxylic acids is 1. The Morgan fingerprint density at radius 1 is 1.00 bits per heavy atom. The second kappa shape index (κ2) is 6.70. The molecule has 7 heteroatoms. The lowest BCUT2D eigenvalue weighted by atomic mass is 10.3. The van der Waals surface area contributed by atoms with Gasteiger partial charge in [-0.25, -0.2) is 13.2 Å². The highest BCUT2D eigenvalue weighted by molar-refractivity contribution is 7.91. The number of ether oxygens (including phenoxy) is 2. The fraction of sp³-hybridized carbons (Fsp3) is 0.188. The molecule has 122 valence electrons. The van der Waals surface area contributed by atoms with Crippen LogP contribution in [-0.4, -0.2) is 32.7 Å². The molecular weight excluding hydrogens is 320 g/mol. The van der Waals surface area contributed by atoms with Crippen LogP contribution in [0, 0.1) is 0 Å². The van der Waals surface area contributed by atoms with Gasteiger partial charge in [0.25, 0.3) is 0 Å². The summed E-state index contributed by atoms with van der Waals surface area (Å²) in [7, 11) is -2.42. The van der Waals surface area contributed by atoms with E-state index < -0.39 is 21.9 Å². The van der Waals surface area contributed by atoms with Gasteiger partial charge in [0.15, 0.2) is 6.10 Å². The molecule has 0 aliphatic heterocycles. The van der Waals surface area contributed by atoms with Crippen molar-refractivity contribution in [2.45, 2.75) is 22.8 Å². The molecule has 1 unspecified atom stereocenters. The third-order valence-corrected chi connectivity index (χ3v) is 4.91. The second-order valence-corrected chi connectivity index (χ2v) is 6.70. The number of rotatable bonds is 5. The number of methoxy groups -OCH3 is 1. The van der Waals surface area contributed by atoms with Gasteiger partial charge < -0.3 is 14.6 Å². The maximum Gasteiger partial charge on any atom is 0.346 e. The number of carbonyl (C=O) groups is 1. The molecule has 0 aliphatic rings. The van der Waals surface area contributed by atoms with Gasteiger partial charge in [-0.1, -0.05) is 0 Å². The van der Waals surface area contributed by atoms with E-state index in [2.05, 4.69) is 4.74 Å². The van der Waals surface area contributed by atoms with Crippen molar-refractivity contribution in [1.82, 2.24) is 0 Å². The van der Waals surface area contributed by atoms with Gasteiger partial charge in [-0.2, -0.15) is 0 Å². The van der Waals surface area contributed by atoms with Gasteiger partial charge in [0.2, 0.25) is 9.84 Å². The van der Waals surface area contributed by atoms with Crippen molar-refractivity contribution in [3.05, 3.63) is 48.5 Å². The van der Waals surface area contributed by atoms with Gasteiger partial charge in [0.05, 0.1) is 16.9 Å². The molecule has 2 aromatic rings.